The quantitative estimate of drug-likeness (QED) is 0.577. The van der Waals surface area contributed by atoms with E-state index in [9.17, 15) is 4.79 Å². The van der Waals surface area contributed by atoms with Gasteiger partial charge in [0.15, 0.2) is 4.96 Å². The van der Waals surface area contributed by atoms with Gasteiger partial charge < -0.3 is 10.1 Å². The number of hydrogen-bond donors (Lipinski definition) is 1. The molecule has 2 aromatic heterocycles. The van der Waals surface area contributed by atoms with Gasteiger partial charge in [-0.3, -0.25) is 9.20 Å². The Morgan fingerprint density at radius 1 is 1.23 bits per heavy atom. The van der Waals surface area contributed by atoms with Crippen molar-refractivity contribution in [2.24, 2.45) is 0 Å². The Labute approximate surface area is 154 Å². The summed E-state index contributed by atoms with van der Waals surface area (Å²) in [6.45, 7) is 0. The second kappa shape index (κ2) is 7.01. The molecule has 0 unspecified atom stereocenters. The van der Waals surface area contributed by atoms with Crippen LogP contribution in [0.5, 0.6) is 5.75 Å². The number of hydrogen-bond acceptors (Lipinski definition) is 4. The fraction of sp³-hybridized carbons (Fsp3) is 0.100. The number of imidazole rings is 1. The Bertz CT molecular complexity index is 1020. The minimum atomic E-state index is -0.0616. The maximum atomic E-state index is 12.3. The normalized spacial score (nSPS) is 10.8. The van der Waals surface area contributed by atoms with Gasteiger partial charge in [-0.1, -0.05) is 24.3 Å². The van der Waals surface area contributed by atoms with Gasteiger partial charge in [-0.25, -0.2) is 4.98 Å². The largest absolute Gasteiger partial charge is 0.497 e. The van der Waals surface area contributed by atoms with Crippen LogP contribution in [0.3, 0.4) is 0 Å². The van der Waals surface area contributed by atoms with Crippen LogP contribution in [0, 0.1) is 0 Å². The molecule has 0 spiro atoms. The lowest BCUT2D eigenvalue weighted by molar-refractivity contribution is -0.115. The minimum Gasteiger partial charge on any atom is -0.497 e. The number of anilines is 1. The van der Waals surface area contributed by atoms with Crippen LogP contribution in [0.1, 0.15) is 5.56 Å². The van der Waals surface area contributed by atoms with Crippen LogP contribution in [0.4, 0.5) is 5.69 Å². The molecule has 0 aliphatic heterocycles. The molecule has 26 heavy (non-hydrogen) atoms. The number of carbonyl (C=O) groups is 1. The van der Waals surface area contributed by atoms with E-state index in [4.69, 9.17) is 4.74 Å². The summed E-state index contributed by atoms with van der Waals surface area (Å²) in [6, 6.07) is 15.2. The summed E-state index contributed by atoms with van der Waals surface area (Å²) >= 11 is 1.60. The Kier molecular flexibility index (Phi) is 4.41. The van der Waals surface area contributed by atoms with E-state index in [1.165, 1.54) is 0 Å². The van der Waals surface area contributed by atoms with Gasteiger partial charge in [-0.15, -0.1) is 11.3 Å². The monoisotopic (exact) mass is 363 g/mol. The SMILES string of the molecule is COc1cccc(CC(=O)Nc2ccc(-c3cn4ccsc4n3)cc2)c1. The number of rotatable bonds is 5. The molecule has 4 aromatic rings. The average molecular weight is 363 g/mol. The second-order valence-electron chi connectivity index (χ2n) is 5.87. The lowest BCUT2D eigenvalue weighted by Crippen LogP contribution is -2.14. The molecule has 4 rings (SSSR count). The third kappa shape index (κ3) is 3.45. The number of nitrogens with one attached hydrogen (secondary N) is 1. The molecule has 0 saturated heterocycles. The van der Waals surface area contributed by atoms with Crippen LogP contribution in [0.2, 0.25) is 0 Å². The van der Waals surface area contributed by atoms with Gasteiger partial charge in [-0.2, -0.15) is 0 Å². The van der Waals surface area contributed by atoms with Crippen molar-refractivity contribution in [3.8, 4) is 17.0 Å². The lowest BCUT2D eigenvalue weighted by Gasteiger charge is -2.07. The zero-order valence-electron chi connectivity index (χ0n) is 14.2. The molecule has 6 heteroatoms. The van der Waals surface area contributed by atoms with Crippen LogP contribution >= 0.6 is 11.3 Å². The summed E-state index contributed by atoms with van der Waals surface area (Å²) in [5.41, 5.74) is 3.62. The summed E-state index contributed by atoms with van der Waals surface area (Å²) in [5.74, 6) is 0.688. The molecule has 0 bridgehead atoms. The van der Waals surface area contributed by atoms with E-state index < -0.39 is 0 Å². The van der Waals surface area contributed by atoms with Crippen molar-refractivity contribution in [2.75, 3.05) is 12.4 Å². The van der Waals surface area contributed by atoms with Crippen molar-refractivity contribution in [1.82, 2.24) is 9.38 Å². The maximum absolute atomic E-state index is 12.3. The van der Waals surface area contributed by atoms with Crippen molar-refractivity contribution in [3.05, 3.63) is 71.9 Å². The molecule has 0 saturated carbocycles. The minimum absolute atomic E-state index is 0.0616. The molecule has 0 fully saturated rings. The van der Waals surface area contributed by atoms with Crippen molar-refractivity contribution in [1.29, 1.82) is 0 Å². The Morgan fingerprint density at radius 2 is 2.08 bits per heavy atom. The van der Waals surface area contributed by atoms with E-state index in [1.807, 2.05) is 70.7 Å². The lowest BCUT2D eigenvalue weighted by atomic mass is 10.1. The van der Waals surface area contributed by atoms with Gasteiger partial charge in [0, 0.05) is 29.0 Å². The standard InChI is InChI=1S/C20H17N3O2S/c1-25-17-4-2-3-14(11-17)12-19(24)21-16-7-5-15(6-8-16)18-13-23-9-10-26-20(23)22-18/h2-11,13H,12H2,1H3,(H,21,24). The van der Waals surface area contributed by atoms with Gasteiger partial charge in [0.1, 0.15) is 5.75 Å². The van der Waals surface area contributed by atoms with E-state index in [0.717, 1.165) is 33.2 Å². The highest BCUT2D eigenvalue weighted by atomic mass is 32.1. The highest BCUT2D eigenvalue weighted by Gasteiger charge is 2.08. The van der Waals surface area contributed by atoms with Crippen LogP contribution in [-0.4, -0.2) is 22.4 Å². The molecular weight excluding hydrogens is 346 g/mol. The van der Waals surface area contributed by atoms with Crippen LogP contribution in [0.25, 0.3) is 16.2 Å². The third-order valence-corrected chi connectivity index (χ3v) is 4.83. The van der Waals surface area contributed by atoms with Crippen LogP contribution in [0.15, 0.2) is 66.3 Å². The predicted octanol–water partition coefficient (Wildman–Crippen LogP) is 4.25. The molecule has 0 aliphatic rings. The Balaban J connectivity index is 1.43. The molecule has 130 valence electrons. The summed E-state index contributed by atoms with van der Waals surface area (Å²) in [7, 11) is 1.62. The zero-order valence-corrected chi connectivity index (χ0v) is 15.0. The van der Waals surface area contributed by atoms with E-state index in [-0.39, 0.29) is 5.91 Å². The molecule has 1 amide bonds. The first-order chi connectivity index (χ1) is 12.7. The number of benzene rings is 2. The van der Waals surface area contributed by atoms with E-state index >= 15 is 0 Å². The first-order valence-electron chi connectivity index (χ1n) is 8.17. The highest BCUT2D eigenvalue weighted by Crippen LogP contribution is 2.23. The maximum Gasteiger partial charge on any atom is 0.228 e. The third-order valence-electron chi connectivity index (χ3n) is 4.06. The molecule has 2 aromatic carbocycles. The fourth-order valence-electron chi connectivity index (χ4n) is 2.76. The van der Waals surface area contributed by atoms with Gasteiger partial charge in [0.05, 0.1) is 19.2 Å². The van der Waals surface area contributed by atoms with Gasteiger partial charge >= 0.3 is 0 Å². The first-order valence-corrected chi connectivity index (χ1v) is 9.05. The molecule has 5 nitrogen and oxygen atoms in total. The smallest absolute Gasteiger partial charge is 0.228 e. The van der Waals surface area contributed by atoms with Crippen molar-refractivity contribution >= 4 is 27.9 Å². The number of nitrogens with zero attached hydrogens (tertiary/aromatic N) is 2. The van der Waals surface area contributed by atoms with Gasteiger partial charge in [-0.05, 0) is 29.8 Å². The number of methoxy groups -OCH3 is 1. The predicted molar refractivity (Wildman–Crippen MR) is 104 cm³/mol. The van der Waals surface area contributed by atoms with Crippen molar-refractivity contribution < 1.29 is 9.53 Å². The first kappa shape index (κ1) is 16.4. The number of ether oxygens (including phenoxy) is 1. The Hall–Kier alpha value is -3.12. The fourth-order valence-corrected chi connectivity index (χ4v) is 3.46. The molecule has 0 aliphatic carbocycles. The van der Waals surface area contributed by atoms with Crippen LogP contribution in [-0.2, 0) is 11.2 Å². The molecule has 0 radical (unpaired) electrons. The second-order valence-corrected chi connectivity index (χ2v) is 6.75. The van der Waals surface area contributed by atoms with Crippen LogP contribution < -0.4 is 10.1 Å². The zero-order chi connectivity index (χ0) is 17.9. The van der Waals surface area contributed by atoms with E-state index in [1.54, 1.807) is 18.4 Å². The summed E-state index contributed by atoms with van der Waals surface area (Å²) in [6.07, 6.45) is 4.29. The number of thiazole rings is 1. The Morgan fingerprint density at radius 3 is 2.85 bits per heavy atom. The van der Waals surface area contributed by atoms with E-state index in [2.05, 4.69) is 10.3 Å². The highest BCUT2D eigenvalue weighted by molar-refractivity contribution is 7.15. The summed E-state index contributed by atoms with van der Waals surface area (Å²) < 4.78 is 7.19. The number of carbonyl (C=O) groups excluding carboxylic acids is 1. The molecular formula is C20H17N3O2S. The summed E-state index contributed by atoms with van der Waals surface area (Å²) in [5, 5.41) is 4.93. The van der Waals surface area contributed by atoms with E-state index in [0.29, 0.717) is 6.42 Å². The van der Waals surface area contributed by atoms with Crippen molar-refractivity contribution in [2.45, 2.75) is 6.42 Å². The van der Waals surface area contributed by atoms with Gasteiger partial charge in [0.25, 0.3) is 0 Å². The molecule has 0 atom stereocenters. The van der Waals surface area contributed by atoms with Gasteiger partial charge in [0.2, 0.25) is 5.91 Å². The number of amides is 1. The molecule has 2 heterocycles. The van der Waals surface area contributed by atoms with Crippen molar-refractivity contribution in [3.63, 3.8) is 0 Å². The summed E-state index contributed by atoms with van der Waals surface area (Å²) in [4.78, 5) is 17.8. The topological polar surface area (TPSA) is 55.6 Å². The number of aromatic nitrogens is 2. The number of fused-ring (bicyclic) bond motifs is 1. The average Bonchev–Trinajstić information content (AvgIpc) is 3.24. The molecule has 1 N–H and O–H groups in total.